The van der Waals surface area contributed by atoms with E-state index in [4.69, 9.17) is 4.74 Å². The molecular weight excluding hydrogens is 388 g/mol. The maximum atomic E-state index is 13.3. The highest BCUT2D eigenvalue weighted by atomic mass is 32.2. The minimum absolute atomic E-state index is 0.153. The van der Waals surface area contributed by atoms with Crippen LogP contribution in [-0.2, 0) is 21.2 Å². The zero-order chi connectivity index (χ0) is 21.4. The van der Waals surface area contributed by atoms with Crippen LogP contribution in [0.3, 0.4) is 0 Å². The van der Waals surface area contributed by atoms with Gasteiger partial charge in [-0.05, 0) is 48.6 Å². The minimum atomic E-state index is -3.84. The van der Waals surface area contributed by atoms with Gasteiger partial charge in [0.25, 0.3) is 0 Å². The zero-order valence-corrected chi connectivity index (χ0v) is 18.3. The van der Waals surface area contributed by atoms with E-state index in [0.717, 1.165) is 11.1 Å². The second-order valence-electron chi connectivity index (χ2n) is 7.40. The molecule has 0 radical (unpaired) electrons. The molecule has 2 aromatic rings. The summed E-state index contributed by atoms with van der Waals surface area (Å²) in [5.74, 6) is 0.604. The number of hydrogen-bond donors (Lipinski definition) is 1. The fourth-order valence-electron chi connectivity index (χ4n) is 2.88. The number of rotatable bonds is 10. The molecule has 0 unspecified atom stereocenters. The predicted octanol–water partition coefficient (Wildman–Crippen LogP) is 3.01. The van der Waals surface area contributed by atoms with Gasteiger partial charge in [-0.15, -0.1) is 0 Å². The van der Waals surface area contributed by atoms with E-state index in [-0.39, 0.29) is 29.8 Å². The molecule has 0 aromatic heterocycles. The van der Waals surface area contributed by atoms with Crippen molar-refractivity contribution in [3.05, 3.63) is 59.7 Å². The fourth-order valence-corrected chi connectivity index (χ4v) is 4.36. The molecule has 158 valence electrons. The molecule has 0 fully saturated rings. The van der Waals surface area contributed by atoms with E-state index < -0.39 is 10.0 Å². The quantitative estimate of drug-likeness (QED) is 0.644. The molecule has 0 atom stereocenters. The summed E-state index contributed by atoms with van der Waals surface area (Å²) in [7, 11) is -2.29. The van der Waals surface area contributed by atoms with Gasteiger partial charge in [0.15, 0.2) is 0 Å². The standard InChI is InChI=1S/C22H30N2O4S/c1-17(2)15-23-22(25)16-24(13-12-19-8-6-5-7-9-19)29(26,27)20-10-11-21(28-4)18(3)14-20/h5-11,14,17H,12-13,15-16H2,1-4H3,(H,23,25). The summed E-state index contributed by atoms with van der Waals surface area (Å²) in [5.41, 5.74) is 1.74. The van der Waals surface area contributed by atoms with Crippen molar-refractivity contribution in [1.29, 1.82) is 0 Å². The zero-order valence-electron chi connectivity index (χ0n) is 17.5. The number of benzene rings is 2. The van der Waals surface area contributed by atoms with E-state index in [1.165, 1.54) is 10.4 Å². The summed E-state index contributed by atoms with van der Waals surface area (Å²) in [6.45, 7) is 6.28. The number of nitrogens with zero attached hydrogens (tertiary/aromatic N) is 1. The molecule has 0 bridgehead atoms. The van der Waals surface area contributed by atoms with Gasteiger partial charge >= 0.3 is 0 Å². The van der Waals surface area contributed by atoms with Crippen molar-refractivity contribution in [1.82, 2.24) is 9.62 Å². The summed E-state index contributed by atoms with van der Waals surface area (Å²) in [4.78, 5) is 12.5. The van der Waals surface area contributed by atoms with Crippen LogP contribution in [0.4, 0.5) is 0 Å². The van der Waals surface area contributed by atoms with Crippen molar-refractivity contribution >= 4 is 15.9 Å². The summed E-state index contributed by atoms with van der Waals surface area (Å²) >= 11 is 0. The van der Waals surface area contributed by atoms with Gasteiger partial charge in [-0.1, -0.05) is 44.2 Å². The van der Waals surface area contributed by atoms with Gasteiger partial charge in [-0.2, -0.15) is 4.31 Å². The molecule has 0 aliphatic rings. The second kappa shape index (κ2) is 10.4. The van der Waals surface area contributed by atoms with Gasteiger partial charge in [0.1, 0.15) is 5.75 Å². The number of methoxy groups -OCH3 is 1. The van der Waals surface area contributed by atoms with Gasteiger partial charge < -0.3 is 10.1 Å². The SMILES string of the molecule is COc1ccc(S(=O)(=O)N(CCc2ccccc2)CC(=O)NCC(C)C)cc1C. The summed E-state index contributed by atoms with van der Waals surface area (Å²) < 4.78 is 33.0. The lowest BCUT2D eigenvalue weighted by Gasteiger charge is -2.22. The molecule has 0 saturated heterocycles. The molecule has 1 N–H and O–H groups in total. The number of carbonyl (C=O) groups excluding carboxylic acids is 1. The van der Waals surface area contributed by atoms with Crippen molar-refractivity contribution in [3.63, 3.8) is 0 Å². The van der Waals surface area contributed by atoms with E-state index in [2.05, 4.69) is 5.32 Å². The molecule has 2 aromatic carbocycles. The van der Waals surface area contributed by atoms with Crippen molar-refractivity contribution in [2.24, 2.45) is 5.92 Å². The maximum Gasteiger partial charge on any atom is 0.243 e. The van der Waals surface area contributed by atoms with E-state index in [1.54, 1.807) is 26.2 Å². The number of nitrogens with one attached hydrogen (secondary N) is 1. The Kier molecular flexibility index (Phi) is 8.22. The average molecular weight is 419 g/mol. The van der Waals surface area contributed by atoms with E-state index in [9.17, 15) is 13.2 Å². The molecule has 0 spiro atoms. The molecular formula is C22H30N2O4S. The number of sulfonamides is 1. The molecule has 1 amide bonds. The van der Waals surface area contributed by atoms with Gasteiger partial charge in [0, 0.05) is 13.1 Å². The van der Waals surface area contributed by atoms with Crippen LogP contribution >= 0.6 is 0 Å². The van der Waals surface area contributed by atoms with Crippen molar-refractivity contribution in [2.75, 3.05) is 26.7 Å². The van der Waals surface area contributed by atoms with Crippen LogP contribution in [-0.4, -0.2) is 45.4 Å². The van der Waals surface area contributed by atoms with Gasteiger partial charge in [0.2, 0.25) is 15.9 Å². The topological polar surface area (TPSA) is 75.7 Å². The molecule has 0 heterocycles. The first-order valence-corrected chi connectivity index (χ1v) is 11.1. The highest BCUT2D eigenvalue weighted by Crippen LogP contribution is 2.24. The van der Waals surface area contributed by atoms with Crippen molar-refractivity contribution in [3.8, 4) is 5.75 Å². The first-order chi connectivity index (χ1) is 13.7. The summed E-state index contributed by atoms with van der Waals surface area (Å²) in [6.07, 6.45) is 0.521. The lowest BCUT2D eigenvalue weighted by atomic mass is 10.1. The molecule has 0 saturated carbocycles. The third-order valence-electron chi connectivity index (χ3n) is 4.52. The third kappa shape index (κ3) is 6.58. The normalized spacial score (nSPS) is 11.7. The van der Waals surface area contributed by atoms with Crippen molar-refractivity contribution in [2.45, 2.75) is 32.1 Å². The Bertz CT molecular complexity index is 912. The number of hydrogen-bond acceptors (Lipinski definition) is 4. The number of amides is 1. The van der Waals surface area contributed by atoms with E-state index in [0.29, 0.717) is 18.7 Å². The Morgan fingerprint density at radius 1 is 1.14 bits per heavy atom. The predicted molar refractivity (Wildman–Crippen MR) is 114 cm³/mol. The van der Waals surface area contributed by atoms with Crippen LogP contribution in [0.5, 0.6) is 5.75 Å². The summed E-state index contributed by atoms with van der Waals surface area (Å²) in [6, 6.07) is 14.4. The van der Waals surface area contributed by atoms with E-state index in [1.807, 2.05) is 44.2 Å². The van der Waals surface area contributed by atoms with E-state index >= 15 is 0 Å². The van der Waals surface area contributed by atoms with Crippen LogP contribution in [0, 0.1) is 12.8 Å². The number of aryl methyl sites for hydroxylation is 1. The molecule has 6 nitrogen and oxygen atoms in total. The largest absolute Gasteiger partial charge is 0.496 e. The molecule has 2 rings (SSSR count). The fraction of sp³-hybridized carbons (Fsp3) is 0.409. The maximum absolute atomic E-state index is 13.3. The molecule has 29 heavy (non-hydrogen) atoms. The van der Waals surface area contributed by atoms with Crippen LogP contribution in [0.1, 0.15) is 25.0 Å². The van der Waals surface area contributed by atoms with Gasteiger partial charge in [0.05, 0.1) is 18.6 Å². The minimum Gasteiger partial charge on any atom is -0.496 e. The lowest BCUT2D eigenvalue weighted by Crippen LogP contribution is -2.42. The summed E-state index contributed by atoms with van der Waals surface area (Å²) in [5, 5.41) is 2.80. The number of ether oxygens (including phenoxy) is 1. The smallest absolute Gasteiger partial charge is 0.243 e. The first-order valence-electron chi connectivity index (χ1n) is 9.69. The molecule has 0 aliphatic carbocycles. The lowest BCUT2D eigenvalue weighted by molar-refractivity contribution is -0.121. The third-order valence-corrected chi connectivity index (χ3v) is 6.37. The Morgan fingerprint density at radius 2 is 1.83 bits per heavy atom. The first kappa shape index (κ1) is 22.9. The highest BCUT2D eigenvalue weighted by Gasteiger charge is 2.27. The highest BCUT2D eigenvalue weighted by molar-refractivity contribution is 7.89. The molecule has 7 heteroatoms. The Hall–Kier alpha value is -2.38. The van der Waals surface area contributed by atoms with Crippen LogP contribution in [0.2, 0.25) is 0 Å². The van der Waals surface area contributed by atoms with Gasteiger partial charge in [-0.3, -0.25) is 4.79 Å². The van der Waals surface area contributed by atoms with Crippen LogP contribution < -0.4 is 10.1 Å². The molecule has 0 aliphatic heterocycles. The van der Waals surface area contributed by atoms with Crippen molar-refractivity contribution < 1.29 is 17.9 Å². The second-order valence-corrected chi connectivity index (χ2v) is 9.34. The monoisotopic (exact) mass is 418 g/mol. The Morgan fingerprint density at radius 3 is 2.41 bits per heavy atom. The van der Waals surface area contributed by atoms with Crippen LogP contribution in [0.15, 0.2) is 53.4 Å². The Balaban J connectivity index is 2.26. The van der Waals surface area contributed by atoms with Crippen LogP contribution in [0.25, 0.3) is 0 Å². The number of carbonyl (C=O) groups is 1. The average Bonchev–Trinajstić information content (AvgIpc) is 2.70. The Labute approximate surface area is 173 Å². The van der Waals surface area contributed by atoms with Gasteiger partial charge in [-0.25, -0.2) is 8.42 Å².